The van der Waals surface area contributed by atoms with E-state index < -0.39 is 10.9 Å². The molecule has 0 atom stereocenters. The van der Waals surface area contributed by atoms with Gasteiger partial charge in [-0.25, -0.2) is 4.79 Å². The second-order valence-electron chi connectivity index (χ2n) is 4.81. The molecule has 7 nitrogen and oxygen atoms in total. The fourth-order valence-electron chi connectivity index (χ4n) is 2.41. The molecule has 0 radical (unpaired) electrons. The smallest absolute Gasteiger partial charge is 0.356 e. The number of esters is 1. The zero-order chi connectivity index (χ0) is 16.8. The van der Waals surface area contributed by atoms with E-state index in [2.05, 4.69) is 5.16 Å². The minimum absolute atomic E-state index is 0.0233. The molecule has 7 heteroatoms. The molecule has 2 aromatic rings. The molecule has 1 N–H and O–H groups in total. The largest absolute Gasteiger partial charge is 0.461 e. The number of hydrogen-bond acceptors (Lipinski definition) is 6. The fraction of sp³-hybridized carbons (Fsp3) is 0.250. The summed E-state index contributed by atoms with van der Waals surface area (Å²) in [6, 6.07) is 10.4. The number of carbonyl (C=O) groups excluding carboxylic acids is 1. The van der Waals surface area contributed by atoms with Gasteiger partial charge in [-0.1, -0.05) is 29.4 Å². The Morgan fingerprint density at radius 3 is 2.70 bits per heavy atom. The Labute approximate surface area is 132 Å². The van der Waals surface area contributed by atoms with Gasteiger partial charge in [0.25, 0.3) is 5.69 Å². The van der Waals surface area contributed by atoms with Gasteiger partial charge in [0, 0.05) is 18.1 Å². The Bertz CT molecular complexity index is 770. The van der Waals surface area contributed by atoms with E-state index in [-0.39, 0.29) is 30.8 Å². The van der Waals surface area contributed by atoms with Crippen molar-refractivity contribution in [2.75, 3.05) is 6.61 Å². The summed E-state index contributed by atoms with van der Waals surface area (Å²) in [6.45, 7) is 1.80. The molecule has 0 aliphatic carbocycles. The van der Waals surface area contributed by atoms with Crippen LogP contribution < -0.4 is 0 Å². The van der Waals surface area contributed by atoms with Gasteiger partial charge in [0.05, 0.1) is 11.5 Å². The third-order valence-electron chi connectivity index (χ3n) is 3.46. The van der Waals surface area contributed by atoms with E-state index in [4.69, 9.17) is 9.94 Å². The maximum Gasteiger partial charge on any atom is 0.356 e. The van der Waals surface area contributed by atoms with E-state index in [0.717, 1.165) is 10.8 Å². The standard InChI is InChI=1S/C16H16N2O5/c1-2-23-16(19)14(17-20)9-8-13-12-6-4-3-5-11(12)7-10-15(13)18(21)22/h3-7,10,20H,2,8-9H2,1H3. The third-order valence-corrected chi connectivity index (χ3v) is 3.46. The first-order valence-electron chi connectivity index (χ1n) is 7.11. The first-order valence-corrected chi connectivity index (χ1v) is 7.11. The van der Waals surface area contributed by atoms with Crippen molar-refractivity contribution in [3.05, 3.63) is 52.1 Å². The van der Waals surface area contributed by atoms with E-state index in [1.54, 1.807) is 25.1 Å². The van der Waals surface area contributed by atoms with E-state index in [9.17, 15) is 14.9 Å². The molecule has 0 amide bonds. The van der Waals surface area contributed by atoms with Crippen LogP contribution in [-0.2, 0) is 16.0 Å². The summed E-state index contributed by atoms with van der Waals surface area (Å²) in [5.41, 5.74) is 0.317. The quantitative estimate of drug-likeness (QED) is 0.290. The first-order chi connectivity index (χ1) is 11.1. The van der Waals surface area contributed by atoms with Crippen LogP contribution in [-0.4, -0.2) is 28.4 Å². The summed E-state index contributed by atoms with van der Waals surface area (Å²) in [4.78, 5) is 22.4. The molecular weight excluding hydrogens is 300 g/mol. The Morgan fingerprint density at radius 2 is 2.04 bits per heavy atom. The molecule has 0 fully saturated rings. The van der Waals surface area contributed by atoms with Crippen LogP contribution in [0.4, 0.5) is 5.69 Å². The second kappa shape index (κ2) is 7.35. The molecule has 0 saturated heterocycles. The van der Waals surface area contributed by atoms with Gasteiger partial charge in [0.15, 0.2) is 5.71 Å². The average molecular weight is 316 g/mol. The maximum absolute atomic E-state index is 11.6. The number of nitro benzene ring substituents is 1. The summed E-state index contributed by atoms with van der Waals surface area (Å²) in [7, 11) is 0. The van der Waals surface area contributed by atoms with Crippen molar-refractivity contribution in [2.45, 2.75) is 19.8 Å². The highest BCUT2D eigenvalue weighted by atomic mass is 16.6. The molecule has 0 aliphatic rings. The minimum atomic E-state index is -0.724. The van der Waals surface area contributed by atoms with Crippen molar-refractivity contribution < 1.29 is 19.7 Å². The van der Waals surface area contributed by atoms with Crippen molar-refractivity contribution in [3.8, 4) is 0 Å². The van der Waals surface area contributed by atoms with Crippen molar-refractivity contribution in [1.82, 2.24) is 0 Å². The van der Waals surface area contributed by atoms with Crippen LogP contribution in [0.3, 0.4) is 0 Å². The van der Waals surface area contributed by atoms with Gasteiger partial charge in [0.1, 0.15) is 0 Å². The maximum atomic E-state index is 11.6. The van der Waals surface area contributed by atoms with Crippen molar-refractivity contribution >= 4 is 28.1 Å². The van der Waals surface area contributed by atoms with E-state index in [1.807, 2.05) is 12.1 Å². The molecule has 0 unspecified atom stereocenters. The fourth-order valence-corrected chi connectivity index (χ4v) is 2.41. The molecular formula is C16H16N2O5. The summed E-state index contributed by atoms with van der Waals surface area (Å²) in [5, 5.41) is 24.8. The molecule has 0 spiro atoms. The highest BCUT2D eigenvalue weighted by Gasteiger charge is 2.20. The van der Waals surface area contributed by atoms with Crippen LogP contribution in [0.5, 0.6) is 0 Å². The highest BCUT2D eigenvalue weighted by molar-refractivity contribution is 6.36. The minimum Gasteiger partial charge on any atom is -0.461 e. The first kappa shape index (κ1) is 16.4. The zero-order valence-corrected chi connectivity index (χ0v) is 12.6. The molecule has 120 valence electrons. The Balaban J connectivity index is 2.36. The van der Waals surface area contributed by atoms with Crippen molar-refractivity contribution in [1.29, 1.82) is 0 Å². The second-order valence-corrected chi connectivity index (χ2v) is 4.81. The monoisotopic (exact) mass is 316 g/mol. The molecule has 0 bridgehead atoms. The summed E-state index contributed by atoms with van der Waals surface area (Å²) < 4.78 is 4.78. The molecule has 0 aromatic heterocycles. The van der Waals surface area contributed by atoms with Gasteiger partial charge in [-0.2, -0.15) is 0 Å². The number of ether oxygens (including phenoxy) is 1. The molecule has 23 heavy (non-hydrogen) atoms. The summed E-state index contributed by atoms with van der Waals surface area (Å²) in [5.74, 6) is -0.724. The number of aryl methyl sites for hydroxylation is 1. The number of fused-ring (bicyclic) bond motifs is 1. The van der Waals surface area contributed by atoms with Crippen LogP contribution >= 0.6 is 0 Å². The Kier molecular flexibility index (Phi) is 5.24. The summed E-state index contributed by atoms with van der Waals surface area (Å²) >= 11 is 0. The normalized spacial score (nSPS) is 11.4. The lowest BCUT2D eigenvalue weighted by atomic mass is 9.98. The zero-order valence-electron chi connectivity index (χ0n) is 12.6. The highest BCUT2D eigenvalue weighted by Crippen LogP contribution is 2.29. The van der Waals surface area contributed by atoms with Gasteiger partial charge in [-0.15, -0.1) is 0 Å². The average Bonchev–Trinajstić information content (AvgIpc) is 2.55. The summed E-state index contributed by atoms with van der Waals surface area (Å²) in [6.07, 6.45) is 0.236. The molecule has 0 heterocycles. The van der Waals surface area contributed by atoms with Gasteiger partial charge < -0.3 is 9.94 Å². The Hall–Kier alpha value is -2.96. The van der Waals surface area contributed by atoms with E-state index in [1.165, 1.54) is 6.07 Å². The van der Waals surface area contributed by atoms with Crippen molar-refractivity contribution in [2.24, 2.45) is 5.16 Å². The van der Waals surface area contributed by atoms with Crippen LogP contribution in [0.25, 0.3) is 10.8 Å². The molecule has 0 aliphatic heterocycles. The van der Waals surface area contributed by atoms with Crippen molar-refractivity contribution in [3.63, 3.8) is 0 Å². The predicted octanol–water partition coefficient (Wildman–Crippen LogP) is 3.07. The number of hydrogen-bond donors (Lipinski definition) is 1. The number of benzene rings is 2. The van der Waals surface area contributed by atoms with Crippen LogP contribution in [0, 0.1) is 10.1 Å². The predicted molar refractivity (Wildman–Crippen MR) is 84.8 cm³/mol. The SMILES string of the molecule is CCOC(=O)C(CCc1c([N+](=O)[O-])ccc2ccccc12)=NO. The van der Waals surface area contributed by atoms with E-state index >= 15 is 0 Å². The lowest BCUT2D eigenvalue weighted by Gasteiger charge is -2.08. The third kappa shape index (κ3) is 3.63. The molecule has 2 aromatic carbocycles. The number of nitro groups is 1. The van der Waals surface area contributed by atoms with Crippen LogP contribution in [0.2, 0.25) is 0 Å². The number of carbonyl (C=O) groups is 1. The van der Waals surface area contributed by atoms with Crippen LogP contribution in [0.1, 0.15) is 18.9 Å². The molecule has 0 saturated carbocycles. The van der Waals surface area contributed by atoms with Crippen LogP contribution in [0.15, 0.2) is 41.6 Å². The van der Waals surface area contributed by atoms with Gasteiger partial charge in [-0.05, 0) is 30.2 Å². The lowest BCUT2D eigenvalue weighted by Crippen LogP contribution is -2.18. The van der Waals surface area contributed by atoms with Gasteiger partial charge in [-0.3, -0.25) is 10.1 Å². The number of rotatable bonds is 6. The van der Waals surface area contributed by atoms with Gasteiger partial charge in [0.2, 0.25) is 0 Å². The number of oxime groups is 1. The lowest BCUT2D eigenvalue weighted by molar-refractivity contribution is -0.385. The Morgan fingerprint density at radius 1 is 1.30 bits per heavy atom. The van der Waals surface area contributed by atoms with E-state index in [0.29, 0.717) is 5.56 Å². The number of nitrogens with zero attached hydrogens (tertiary/aromatic N) is 2. The topological polar surface area (TPSA) is 102 Å². The van der Waals surface area contributed by atoms with Gasteiger partial charge >= 0.3 is 5.97 Å². The molecule has 2 rings (SSSR count).